The van der Waals surface area contributed by atoms with Gasteiger partial charge in [-0.1, -0.05) is 30.9 Å². The molecule has 0 bridgehead atoms. The third kappa shape index (κ3) is 27.9. The quantitative estimate of drug-likeness (QED) is 0.0198. The van der Waals surface area contributed by atoms with Crippen LogP contribution in [0.2, 0.25) is 0 Å². The van der Waals surface area contributed by atoms with Crippen molar-refractivity contribution in [2.75, 3.05) is 131 Å². The van der Waals surface area contributed by atoms with Gasteiger partial charge in [0.2, 0.25) is 29.5 Å². The average molecular weight is 1410 g/mol. The number of carboxylic acid groups (broad SMARTS) is 1. The number of carboxylic acids is 1. The molecule has 0 spiro atoms. The van der Waals surface area contributed by atoms with Gasteiger partial charge in [-0.25, -0.2) is 8.78 Å². The van der Waals surface area contributed by atoms with Crippen LogP contribution < -0.4 is 20.7 Å². The molecule has 2 atom stereocenters. The highest BCUT2D eigenvalue weighted by molar-refractivity contribution is 14.1. The minimum Gasteiger partial charge on any atom is -0.494 e. The van der Waals surface area contributed by atoms with Crippen molar-refractivity contribution in [3.63, 3.8) is 0 Å². The van der Waals surface area contributed by atoms with Gasteiger partial charge < -0.3 is 49.8 Å². The van der Waals surface area contributed by atoms with E-state index in [-0.39, 0.29) is 96.3 Å². The summed E-state index contributed by atoms with van der Waals surface area (Å²) < 4.78 is 51.1. The summed E-state index contributed by atoms with van der Waals surface area (Å²) in [5.74, 6) is -2.52. The minimum atomic E-state index is -3.06. The second-order valence-electron chi connectivity index (χ2n) is 23.8. The van der Waals surface area contributed by atoms with E-state index in [0.717, 1.165) is 52.6 Å². The lowest BCUT2D eigenvalue weighted by molar-refractivity contribution is -0.139. The molecular weight excluding hydrogens is 1320 g/mol. The van der Waals surface area contributed by atoms with E-state index in [1.165, 1.54) is 6.20 Å². The summed E-state index contributed by atoms with van der Waals surface area (Å²) in [5, 5.41) is 19.0. The van der Waals surface area contributed by atoms with Gasteiger partial charge in [-0.15, -0.1) is 6.42 Å². The zero-order chi connectivity index (χ0) is 66.8. The highest BCUT2D eigenvalue weighted by Crippen LogP contribution is 2.33. The lowest BCUT2D eigenvalue weighted by Crippen LogP contribution is -2.52. The summed E-state index contributed by atoms with van der Waals surface area (Å²) in [4.78, 5) is 128. The Balaban J connectivity index is 0.904. The number of ketones is 1. The summed E-state index contributed by atoms with van der Waals surface area (Å²) in [7, 11) is 0. The Morgan fingerprint density at radius 2 is 1.40 bits per heavy atom. The molecular formula is C66H91F2IN10O14. The molecule has 6 rings (SSSR count). The van der Waals surface area contributed by atoms with Gasteiger partial charge in [0.25, 0.3) is 18.9 Å². The largest absolute Gasteiger partial charge is 0.494 e. The second-order valence-corrected chi connectivity index (χ2v) is 25.1. The number of nitrogens with one attached hydrogen (secondary N) is 3. The zero-order valence-electron chi connectivity index (χ0n) is 53.1. The lowest BCUT2D eigenvalue weighted by atomic mass is 9.91. The molecule has 1 unspecified atom stereocenters. The van der Waals surface area contributed by atoms with Crippen molar-refractivity contribution in [2.24, 2.45) is 5.92 Å². The Kier molecular flexibility index (Phi) is 33.1. The van der Waals surface area contributed by atoms with Gasteiger partial charge in [0.15, 0.2) is 5.78 Å². The normalized spacial score (nSPS) is 17.5. The van der Waals surface area contributed by atoms with Gasteiger partial charge in [0, 0.05) is 138 Å². The van der Waals surface area contributed by atoms with Crippen LogP contribution in [0.4, 0.5) is 8.78 Å². The predicted octanol–water partition coefficient (Wildman–Crippen LogP) is 4.73. The van der Waals surface area contributed by atoms with Crippen LogP contribution >= 0.6 is 22.6 Å². The minimum absolute atomic E-state index is 0.00654. The number of aromatic nitrogens is 1. The van der Waals surface area contributed by atoms with E-state index < -0.39 is 54.7 Å². The monoisotopic (exact) mass is 1410 g/mol. The number of aliphatic carboxylic acids is 1. The van der Waals surface area contributed by atoms with E-state index in [0.29, 0.717) is 145 Å². The number of pyridine rings is 1. The number of aryl methyl sites for hydroxylation is 1. The van der Waals surface area contributed by atoms with Crippen molar-refractivity contribution in [1.29, 1.82) is 0 Å². The number of piperidine rings is 1. The molecule has 3 saturated heterocycles. The number of carbonyl (C=O) groups is 9. The smallest absolute Gasteiger partial charge is 0.317 e. The Morgan fingerprint density at radius 3 is 2.06 bits per heavy atom. The van der Waals surface area contributed by atoms with E-state index in [1.54, 1.807) is 29.2 Å². The van der Waals surface area contributed by atoms with Crippen molar-refractivity contribution in [1.82, 2.24) is 50.3 Å². The van der Waals surface area contributed by atoms with Crippen molar-refractivity contribution in [3.05, 3.63) is 69.4 Å². The number of benzene rings is 2. The summed E-state index contributed by atoms with van der Waals surface area (Å²) in [5.41, 5.74) is 2.10. The molecule has 0 aliphatic carbocycles. The molecule has 4 heterocycles. The first-order valence-corrected chi connectivity index (χ1v) is 33.3. The molecule has 3 aliphatic heterocycles. The van der Waals surface area contributed by atoms with E-state index in [2.05, 4.69) is 61.6 Å². The van der Waals surface area contributed by atoms with Crippen LogP contribution in [0, 0.1) is 21.8 Å². The molecule has 93 heavy (non-hydrogen) atoms. The number of alkyl halides is 2. The van der Waals surface area contributed by atoms with Gasteiger partial charge in [0.1, 0.15) is 25.3 Å². The Hall–Kier alpha value is -6.97. The van der Waals surface area contributed by atoms with Crippen molar-refractivity contribution >= 4 is 87.7 Å². The molecule has 3 aromatic rings. The van der Waals surface area contributed by atoms with E-state index in [1.807, 2.05) is 31.7 Å². The number of nitrogens with zero attached hydrogens (tertiary/aromatic N) is 7. The SMILES string of the molecule is C#C[C@H]1CC(F)(F)CN1C(=O)CCC(=O)c1ccnc2ccc(OCCCCC3CCN(C(=O)CCCCCNC(=O)C(CCOCCNC(=O)CCCc4ccc(I)cc4)NC(=O)CN4CCN(COC=O)CCN(COC=O)CCN(CC(=O)O)CC4)CC3)cc12. The van der Waals surface area contributed by atoms with Gasteiger partial charge in [-0.3, -0.25) is 67.7 Å². The number of halogens is 3. The molecule has 3 aliphatic rings. The number of unbranched alkanes of at least 4 members (excludes halogenated alkanes) is 3. The fourth-order valence-electron chi connectivity index (χ4n) is 11.5. The van der Waals surface area contributed by atoms with Gasteiger partial charge in [-0.2, -0.15) is 0 Å². The Bertz CT molecular complexity index is 2940. The van der Waals surface area contributed by atoms with Crippen LogP contribution in [0.3, 0.4) is 0 Å². The number of hydrogen-bond acceptors (Lipinski definition) is 18. The molecule has 2 aromatic carbocycles. The molecule has 0 saturated carbocycles. The second kappa shape index (κ2) is 41.0. The topological polar surface area (TPSA) is 279 Å². The van der Waals surface area contributed by atoms with Crippen LogP contribution in [0.25, 0.3) is 10.9 Å². The number of terminal acetylenes is 1. The molecule has 5 amide bonds. The van der Waals surface area contributed by atoms with Crippen molar-refractivity contribution in [3.8, 4) is 18.1 Å². The predicted molar refractivity (Wildman–Crippen MR) is 350 cm³/mol. The summed E-state index contributed by atoms with van der Waals surface area (Å²) in [6, 6.07) is 13.1. The Labute approximate surface area is 556 Å². The molecule has 510 valence electrons. The third-order valence-electron chi connectivity index (χ3n) is 16.8. The van der Waals surface area contributed by atoms with Crippen LogP contribution in [0.15, 0.2) is 54.7 Å². The summed E-state index contributed by atoms with van der Waals surface area (Å²) in [6.07, 6.45) is 14.7. The fourth-order valence-corrected chi connectivity index (χ4v) is 11.9. The molecule has 0 radical (unpaired) electrons. The fraction of sp³-hybridized carbons (Fsp3) is 0.606. The molecule has 24 nitrogen and oxygen atoms in total. The molecule has 4 N–H and O–H groups in total. The molecule has 3 fully saturated rings. The third-order valence-corrected chi connectivity index (χ3v) is 17.6. The standard InChI is InChI=1S/C66H91F2IN10O14/c1-2-53-42-66(67,68)45-79(53)63(86)20-19-59(82)55-21-26-70-57-18-17-54(41-56(55)57)93-38-7-5-9-51-22-28-78(29-23-51)62(85)12-4-3-6-25-72-65(89)58(24-39-90-40-27-71-60(83)11-8-10-50-13-15-52(69)16-14-50)73-61(84)43-74-30-31-75(44-64(87)88)33-35-77(47-92-49-81)37-36-76(34-32-74)46-91-48-80/h1,13-18,21,26,41,48-49,51,53,58H,3-12,19-20,22-25,27-40,42-47H2,(H,71,83)(H,72,89)(H,73,84)(H,87,88)/t53-,58?/m0/s1. The van der Waals surface area contributed by atoms with E-state index >= 15 is 0 Å². The molecule has 27 heteroatoms. The number of amides is 5. The lowest BCUT2D eigenvalue weighted by Gasteiger charge is -2.33. The van der Waals surface area contributed by atoms with Crippen molar-refractivity contribution in [2.45, 2.75) is 121 Å². The maximum absolute atomic E-state index is 14.0. The number of rotatable bonds is 38. The number of carbonyl (C=O) groups excluding carboxylic acids is 8. The summed E-state index contributed by atoms with van der Waals surface area (Å²) in [6.45, 7) is 4.99. The zero-order valence-corrected chi connectivity index (χ0v) is 55.3. The van der Waals surface area contributed by atoms with Crippen LogP contribution in [0.5, 0.6) is 5.75 Å². The van der Waals surface area contributed by atoms with Gasteiger partial charge >= 0.3 is 5.97 Å². The first-order chi connectivity index (χ1) is 44.9. The number of ether oxygens (including phenoxy) is 4. The maximum atomic E-state index is 14.0. The number of likely N-dealkylation sites (tertiary alicyclic amines) is 2. The summed E-state index contributed by atoms with van der Waals surface area (Å²) >= 11 is 2.25. The number of hydrogen-bond donors (Lipinski definition) is 4. The number of Topliss-reactive ketones (excluding diaryl/α,β-unsaturated/α-hetero) is 1. The maximum Gasteiger partial charge on any atom is 0.317 e. The first kappa shape index (κ1) is 75.1. The highest BCUT2D eigenvalue weighted by atomic mass is 127. The van der Waals surface area contributed by atoms with Crippen molar-refractivity contribution < 1.29 is 76.0 Å². The first-order valence-electron chi connectivity index (χ1n) is 32.3. The van der Waals surface area contributed by atoms with Crippen LogP contribution in [-0.4, -0.2) is 243 Å². The molecule has 1 aromatic heterocycles. The van der Waals surface area contributed by atoms with Crippen LogP contribution in [0.1, 0.15) is 112 Å². The van der Waals surface area contributed by atoms with Gasteiger partial charge in [-0.05, 0) is 128 Å². The Morgan fingerprint density at radius 1 is 0.720 bits per heavy atom. The number of fused-ring (bicyclic) bond motifs is 1. The van der Waals surface area contributed by atoms with Gasteiger partial charge in [0.05, 0.1) is 44.4 Å². The average Bonchev–Trinajstić information content (AvgIpc) is 1.88. The van der Waals surface area contributed by atoms with E-state index in [9.17, 15) is 57.0 Å². The van der Waals surface area contributed by atoms with Crippen LogP contribution in [-0.2, 0) is 59.0 Å². The highest BCUT2D eigenvalue weighted by Gasteiger charge is 2.46. The van der Waals surface area contributed by atoms with E-state index in [4.69, 9.17) is 25.4 Å².